The number of nitrogens with zero attached hydrogens (tertiary/aromatic N) is 1. The van der Waals surface area contributed by atoms with Crippen LogP contribution in [0.4, 0.5) is 10.5 Å². The van der Waals surface area contributed by atoms with E-state index in [-0.39, 0.29) is 11.6 Å². The van der Waals surface area contributed by atoms with Crippen molar-refractivity contribution in [3.05, 3.63) is 28.2 Å². The lowest BCUT2D eigenvalue weighted by Gasteiger charge is -2.11. The minimum Gasteiger partial charge on any atom is -0.478 e. The number of anilines is 1. The van der Waals surface area contributed by atoms with E-state index in [1.807, 2.05) is 19.0 Å². The molecule has 0 aliphatic rings. The second-order valence-electron chi connectivity index (χ2n) is 4.18. The summed E-state index contributed by atoms with van der Waals surface area (Å²) < 4.78 is 0.471. The van der Waals surface area contributed by atoms with Gasteiger partial charge in [-0.15, -0.1) is 0 Å². The van der Waals surface area contributed by atoms with Gasteiger partial charge in [0.25, 0.3) is 0 Å². The largest absolute Gasteiger partial charge is 0.478 e. The SMILES string of the molecule is CN(C)CCNC(=O)Nc1ccc(Br)c(C(=O)O)c1. The molecule has 0 aliphatic carbocycles. The van der Waals surface area contributed by atoms with Crippen LogP contribution in [0.3, 0.4) is 0 Å². The molecule has 1 aromatic rings. The maximum atomic E-state index is 11.6. The van der Waals surface area contributed by atoms with E-state index in [1.165, 1.54) is 6.07 Å². The zero-order valence-electron chi connectivity index (χ0n) is 10.7. The molecule has 0 aliphatic heterocycles. The second-order valence-corrected chi connectivity index (χ2v) is 5.04. The van der Waals surface area contributed by atoms with Gasteiger partial charge >= 0.3 is 12.0 Å². The summed E-state index contributed by atoms with van der Waals surface area (Å²) in [6.07, 6.45) is 0. The van der Waals surface area contributed by atoms with Crippen LogP contribution in [0.25, 0.3) is 0 Å². The Balaban J connectivity index is 2.60. The predicted molar refractivity (Wildman–Crippen MR) is 76.7 cm³/mol. The zero-order valence-corrected chi connectivity index (χ0v) is 12.3. The van der Waals surface area contributed by atoms with Crippen molar-refractivity contribution in [3.8, 4) is 0 Å². The lowest BCUT2D eigenvalue weighted by Crippen LogP contribution is -2.34. The highest BCUT2D eigenvalue weighted by molar-refractivity contribution is 9.10. The molecule has 0 saturated carbocycles. The van der Waals surface area contributed by atoms with Crippen LogP contribution in [0.2, 0.25) is 0 Å². The van der Waals surface area contributed by atoms with E-state index in [0.717, 1.165) is 6.54 Å². The summed E-state index contributed by atoms with van der Waals surface area (Å²) in [7, 11) is 3.82. The van der Waals surface area contributed by atoms with Crippen LogP contribution in [0, 0.1) is 0 Å². The van der Waals surface area contributed by atoms with Crippen molar-refractivity contribution in [2.45, 2.75) is 0 Å². The molecule has 3 N–H and O–H groups in total. The number of nitrogens with one attached hydrogen (secondary N) is 2. The van der Waals surface area contributed by atoms with E-state index in [4.69, 9.17) is 5.11 Å². The third-order valence-corrected chi connectivity index (χ3v) is 2.99. The molecule has 0 bridgehead atoms. The van der Waals surface area contributed by atoms with Gasteiger partial charge in [-0.05, 0) is 48.2 Å². The first-order chi connectivity index (χ1) is 8.90. The first kappa shape index (κ1) is 15.5. The number of rotatable bonds is 5. The Hall–Kier alpha value is -1.60. The number of likely N-dealkylation sites (N-methyl/N-ethyl adjacent to an activating group) is 1. The molecule has 0 unspecified atom stereocenters. The van der Waals surface area contributed by atoms with Crippen molar-refractivity contribution >= 4 is 33.6 Å². The molecule has 0 aromatic heterocycles. The number of carboxylic acid groups (broad SMARTS) is 1. The maximum absolute atomic E-state index is 11.6. The first-order valence-electron chi connectivity index (χ1n) is 5.62. The highest BCUT2D eigenvalue weighted by atomic mass is 79.9. The zero-order chi connectivity index (χ0) is 14.4. The van der Waals surface area contributed by atoms with Crippen molar-refractivity contribution in [2.75, 3.05) is 32.5 Å². The van der Waals surface area contributed by atoms with Gasteiger partial charge in [-0.1, -0.05) is 0 Å². The smallest absolute Gasteiger partial charge is 0.336 e. The van der Waals surface area contributed by atoms with Gasteiger partial charge in [0.2, 0.25) is 0 Å². The van der Waals surface area contributed by atoms with Crippen molar-refractivity contribution in [2.24, 2.45) is 0 Å². The quantitative estimate of drug-likeness (QED) is 0.769. The van der Waals surface area contributed by atoms with Crippen LogP contribution in [0.5, 0.6) is 0 Å². The molecule has 2 amide bonds. The second kappa shape index (κ2) is 7.10. The monoisotopic (exact) mass is 329 g/mol. The maximum Gasteiger partial charge on any atom is 0.336 e. The van der Waals surface area contributed by atoms with E-state index in [9.17, 15) is 9.59 Å². The number of urea groups is 1. The van der Waals surface area contributed by atoms with Crippen molar-refractivity contribution in [1.29, 1.82) is 0 Å². The lowest BCUT2D eigenvalue weighted by atomic mass is 10.2. The Morgan fingerprint density at radius 1 is 1.37 bits per heavy atom. The fourth-order valence-corrected chi connectivity index (χ4v) is 1.75. The molecule has 0 atom stereocenters. The van der Waals surface area contributed by atoms with Crippen molar-refractivity contribution < 1.29 is 14.7 Å². The van der Waals surface area contributed by atoms with Gasteiger partial charge in [-0.3, -0.25) is 0 Å². The van der Waals surface area contributed by atoms with E-state index >= 15 is 0 Å². The molecular formula is C12H16BrN3O3. The Morgan fingerprint density at radius 3 is 2.63 bits per heavy atom. The Labute approximate surface area is 119 Å². The fraction of sp³-hybridized carbons (Fsp3) is 0.333. The van der Waals surface area contributed by atoms with Crippen LogP contribution >= 0.6 is 15.9 Å². The predicted octanol–water partition coefficient (Wildman–Crippen LogP) is 1.83. The Bertz CT molecular complexity index is 477. The van der Waals surface area contributed by atoms with E-state index < -0.39 is 5.97 Å². The number of amides is 2. The molecule has 6 nitrogen and oxygen atoms in total. The number of carbonyl (C=O) groups excluding carboxylic acids is 1. The molecule has 0 radical (unpaired) electrons. The highest BCUT2D eigenvalue weighted by Crippen LogP contribution is 2.21. The first-order valence-corrected chi connectivity index (χ1v) is 6.42. The summed E-state index contributed by atoms with van der Waals surface area (Å²) in [4.78, 5) is 24.4. The number of carboxylic acids is 1. The van der Waals surface area contributed by atoms with E-state index in [2.05, 4.69) is 26.6 Å². The number of hydrogen-bond donors (Lipinski definition) is 3. The molecule has 19 heavy (non-hydrogen) atoms. The number of benzene rings is 1. The molecule has 1 aromatic carbocycles. The number of halogens is 1. The van der Waals surface area contributed by atoms with Crippen LogP contribution in [-0.4, -0.2) is 49.2 Å². The van der Waals surface area contributed by atoms with Gasteiger partial charge in [-0.2, -0.15) is 0 Å². The summed E-state index contributed by atoms with van der Waals surface area (Å²) in [5.74, 6) is -1.05. The molecule has 0 spiro atoms. The summed E-state index contributed by atoms with van der Waals surface area (Å²) in [5.41, 5.74) is 0.536. The van der Waals surface area contributed by atoms with Crippen molar-refractivity contribution in [3.63, 3.8) is 0 Å². The molecular weight excluding hydrogens is 314 g/mol. The molecule has 7 heteroatoms. The number of aromatic carboxylic acids is 1. The standard InChI is InChI=1S/C12H16BrN3O3/c1-16(2)6-5-14-12(19)15-8-3-4-10(13)9(7-8)11(17)18/h3-4,7H,5-6H2,1-2H3,(H,17,18)(H2,14,15,19). The van der Waals surface area contributed by atoms with Gasteiger partial charge in [0.15, 0.2) is 0 Å². The molecule has 0 heterocycles. The van der Waals surface area contributed by atoms with Gasteiger partial charge < -0.3 is 20.6 Å². The molecule has 1 rings (SSSR count). The molecule has 0 fully saturated rings. The van der Waals surface area contributed by atoms with Crippen LogP contribution < -0.4 is 10.6 Å². The summed E-state index contributed by atoms with van der Waals surface area (Å²) in [6.45, 7) is 1.25. The minimum atomic E-state index is -1.05. The number of carbonyl (C=O) groups is 2. The van der Waals surface area contributed by atoms with Gasteiger partial charge in [0, 0.05) is 23.2 Å². The highest BCUT2D eigenvalue weighted by Gasteiger charge is 2.10. The third-order valence-electron chi connectivity index (χ3n) is 2.30. The third kappa shape index (κ3) is 5.27. The fourth-order valence-electron chi connectivity index (χ4n) is 1.34. The minimum absolute atomic E-state index is 0.103. The van der Waals surface area contributed by atoms with Crippen molar-refractivity contribution in [1.82, 2.24) is 10.2 Å². The van der Waals surface area contributed by atoms with Gasteiger partial charge in [0.1, 0.15) is 0 Å². The molecule has 0 saturated heterocycles. The summed E-state index contributed by atoms with van der Waals surface area (Å²) in [6, 6.07) is 4.25. The molecule has 104 valence electrons. The van der Waals surface area contributed by atoms with Crippen LogP contribution in [-0.2, 0) is 0 Å². The summed E-state index contributed by atoms with van der Waals surface area (Å²) in [5, 5.41) is 14.2. The van der Waals surface area contributed by atoms with Crippen LogP contribution in [0.1, 0.15) is 10.4 Å². The number of hydrogen-bond acceptors (Lipinski definition) is 3. The lowest BCUT2D eigenvalue weighted by molar-refractivity contribution is 0.0696. The Morgan fingerprint density at radius 2 is 2.05 bits per heavy atom. The topological polar surface area (TPSA) is 81.7 Å². The van der Waals surface area contributed by atoms with E-state index in [0.29, 0.717) is 16.7 Å². The van der Waals surface area contributed by atoms with Crippen LogP contribution in [0.15, 0.2) is 22.7 Å². The normalized spacial score (nSPS) is 10.3. The average molecular weight is 330 g/mol. The van der Waals surface area contributed by atoms with Gasteiger partial charge in [0.05, 0.1) is 5.56 Å². The Kier molecular flexibility index (Phi) is 5.78. The van der Waals surface area contributed by atoms with Gasteiger partial charge in [-0.25, -0.2) is 9.59 Å². The van der Waals surface area contributed by atoms with E-state index in [1.54, 1.807) is 12.1 Å². The summed E-state index contributed by atoms with van der Waals surface area (Å²) >= 11 is 3.14. The average Bonchev–Trinajstić information content (AvgIpc) is 2.30.